The Labute approximate surface area is 197 Å². The fraction of sp³-hybridized carbons (Fsp3) is 0.478. The van der Waals surface area contributed by atoms with Gasteiger partial charge in [-0.15, -0.1) is 11.3 Å². The number of benzene rings is 1. The van der Waals surface area contributed by atoms with Gasteiger partial charge < -0.3 is 10.2 Å². The minimum atomic E-state index is -3.70. The molecular weight excluding hydrogens is 465 g/mol. The lowest BCUT2D eigenvalue weighted by molar-refractivity contribution is -0.126. The number of halogens is 1. The van der Waals surface area contributed by atoms with Crippen molar-refractivity contribution in [1.82, 2.24) is 14.5 Å². The van der Waals surface area contributed by atoms with Crippen LogP contribution in [0.15, 0.2) is 39.9 Å². The van der Waals surface area contributed by atoms with E-state index in [-0.39, 0.29) is 40.8 Å². The maximum Gasteiger partial charge on any atom is 0.254 e. The Balaban J connectivity index is 1.31. The van der Waals surface area contributed by atoms with Crippen molar-refractivity contribution in [1.29, 1.82) is 0 Å². The van der Waals surface area contributed by atoms with E-state index < -0.39 is 10.0 Å². The molecule has 0 radical (unpaired) electrons. The van der Waals surface area contributed by atoms with Crippen LogP contribution in [0.3, 0.4) is 0 Å². The van der Waals surface area contributed by atoms with Crippen molar-refractivity contribution >= 4 is 33.2 Å². The molecule has 2 aromatic rings. The van der Waals surface area contributed by atoms with Crippen molar-refractivity contribution in [2.45, 2.75) is 42.9 Å². The molecule has 10 heteroatoms. The van der Waals surface area contributed by atoms with Crippen LogP contribution in [-0.2, 0) is 21.4 Å². The second kappa shape index (κ2) is 10.3. The largest absolute Gasteiger partial charge is 0.352 e. The fourth-order valence-electron chi connectivity index (χ4n) is 4.26. The molecule has 2 aliphatic heterocycles. The number of rotatable bonds is 6. The summed E-state index contributed by atoms with van der Waals surface area (Å²) in [5, 5.41) is 4.48. The SMILES string of the molecule is O=C(NCc1ccc(F)cc1)C1CCN(S(=O)(=O)c2cc(C(=O)N3CCCCC3)cs2)CC1. The maximum atomic E-state index is 13.1. The zero-order valence-electron chi connectivity index (χ0n) is 18.3. The Morgan fingerprint density at radius 3 is 2.36 bits per heavy atom. The minimum absolute atomic E-state index is 0.107. The first kappa shape index (κ1) is 23.8. The van der Waals surface area contributed by atoms with Gasteiger partial charge in [0.25, 0.3) is 15.9 Å². The highest BCUT2D eigenvalue weighted by Gasteiger charge is 2.33. The van der Waals surface area contributed by atoms with E-state index in [0.29, 0.717) is 38.0 Å². The molecule has 33 heavy (non-hydrogen) atoms. The molecule has 0 unspecified atom stereocenters. The third-order valence-electron chi connectivity index (χ3n) is 6.26. The molecule has 0 spiro atoms. The highest BCUT2D eigenvalue weighted by Crippen LogP contribution is 2.29. The topological polar surface area (TPSA) is 86.8 Å². The van der Waals surface area contributed by atoms with E-state index in [9.17, 15) is 22.4 Å². The number of nitrogens with zero attached hydrogens (tertiary/aromatic N) is 2. The molecule has 0 bridgehead atoms. The number of thiophene rings is 1. The van der Waals surface area contributed by atoms with Gasteiger partial charge in [0.1, 0.15) is 10.0 Å². The summed E-state index contributed by atoms with van der Waals surface area (Å²) in [6.45, 7) is 2.25. The van der Waals surface area contributed by atoms with Crippen LogP contribution in [0.5, 0.6) is 0 Å². The molecule has 178 valence electrons. The monoisotopic (exact) mass is 493 g/mol. The van der Waals surface area contributed by atoms with Crippen LogP contribution in [0.25, 0.3) is 0 Å². The second-order valence-corrected chi connectivity index (χ2v) is 11.6. The predicted molar refractivity (Wildman–Crippen MR) is 124 cm³/mol. The first-order valence-corrected chi connectivity index (χ1v) is 13.6. The van der Waals surface area contributed by atoms with Crippen LogP contribution in [-0.4, -0.2) is 55.6 Å². The average Bonchev–Trinajstić information content (AvgIpc) is 3.35. The Morgan fingerprint density at radius 1 is 1.03 bits per heavy atom. The Hall–Kier alpha value is -2.30. The van der Waals surface area contributed by atoms with Gasteiger partial charge in [-0.05, 0) is 55.9 Å². The van der Waals surface area contributed by atoms with Gasteiger partial charge in [0.05, 0.1) is 5.56 Å². The van der Waals surface area contributed by atoms with Crippen molar-refractivity contribution in [2.24, 2.45) is 5.92 Å². The van der Waals surface area contributed by atoms with Gasteiger partial charge in [-0.25, -0.2) is 12.8 Å². The molecule has 2 fully saturated rings. The molecule has 3 heterocycles. The summed E-state index contributed by atoms with van der Waals surface area (Å²) in [6.07, 6.45) is 3.94. The molecule has 2 saturated heterocycles. The Kier molecular flexibility index (Phi) is 7.45. The molecule has 0 atom stereocenters. The third kappa shape index (κ3) is 5.62. The van der Waals surface area contributed by atoms with E-state index in [1.165, 1.54) is 22.5 Å². The lowest BCUT2D eigenvalue weighted by Gasteiger charge is -2.30. The molecule has 7 nitrogen and oxygen atoms in total. The van der Waals surface area contributed by atoms with Crippen molar-refractivity contribution in [3.8, 4) is 0 Å². The molecule has 1 aromatic carbocycles. The number of amides is 2. The minimum Gasteiger partial charge on any atom is -0.352 e. The van der Waals surface area contributed by atoms with Gasteiger partial charge in [0, 0.05) is 44.0 Å². The summed E-state index contributed by atoms with van der Waals surface area (Å²) in [7, 11) is -3.70. The van der Waals surface area contributed by atoms with Crippen LogP contribution >= 0.6 is 11.3 Å². The van der Waals surface area contributed by atoms with Crippen LogP contribution in [0.2, 0.25) is 0 Å². The van der Waals surface area contributed by atoms with E-state index in [2.05, 4.69) is 5.32 Å². The van der Waals surface area contributed by atoms with E-state index >= 15 is 0 Å². The van der Waals surface area contributed by atoms with E-state index in [1.54, 1.807) is 22.4 Å². The summed E-state index contributed by atoms with van der Waals surface area (Å²) < 4.78 is 40.8. The molecule has 0 aliphatic carbocycles. The number of sulfonamides is 1. The second-order valence-electron chi connectivity index (χ2n) is 8.53. The highest BCUT2D eigenvalue weighted by molar-refractivity contribution is 7.91. The Morgan fingerprint density at radius 2 is 1.70 bits per heavy atom. The summed E-state index contributed by atoms with van der Waals surface area (Å²) in [4.78, 5) is 27.0. The molecular formula is C23H28FN3O4S2. The highest BCUT2D eigenvalue weighted by atomic mass is 32.2. The smallest absolute Gasteiger partial charge is 0.254 e. The van der Waals surface area contributed by atoms with Crippen LogP contribution in [0.4, 0.5) is 4.39 Å². The summed E-state index contributed by atoms with van der Waals surface area (Å²) in [5.41, 5.74) is 1.23. The van der Waals surface area contributed by atoms with Gasteiger partial charge in [-0.2, -0.15) is 4.31 Å². The average molecular weight is 494 g/mol. The molecule has 1 aromatic heterocycles. The standard InChI is InChI=1S/C23H28FN3O4S2/c24-20-6-4-17(5-7-20)15-25-22(28)18-8-12-27(13-9-18)33(30,31)21-14-19(16-32-21)23(29)26-10-2-1-3-11-26/h4-7,14,16,18H,1-3,8-13,15H2,(H,25,28). The van der Waals surface area contributed by atoms with Crippen LogP contribution < -0.4 is 5.32 Å². The van der Waals surface area contributed by atoms with Gasteiger partial charge in [-0.1, -0.05) is 12.1 Å². The number of carbonyl (C=O) groups is 2. The summed E-state index contributed by atoms with van der Waals surface area (Å²) >= 11 is 1.07. The predicted octanol–water partition coefficient (Wildman–Crippen LogP) is 3.23. The zero-order valence-corrected chi connectivity index (χ0v) is 20.0. The Bertz CT molecular complexity index is 1090. The van der Waals surface area contributed by atoms with Crippen molar-refractivity contribution in [3.63, 3.8) is 0 Å². The van der Waals surface area contributed by atoms with E-state index in [1.807, 2.05) is 0 Å². The van der Waals surface area contributed by atoms with Crippen molar-refractivity contribution in [3.05, 3.63) is 52.7 Å². The van der Waals surface area contributed by atoms with E-state index in [4.69, 9.17) is 0 Å². The molecule has 1 N–H and O–H groups in total. The maximum absolute atomic E-state index is 13.1. The van der Waals surface area contributed by atoms with Crippen LogP contribution in [0.1, 0.15) is 48.0 Å². The number of hydrogen-bond acceptors (Lipinski definition) is 5. The van der Waals surface area contributed by atoms with Gasteiger partial charge in [0.15, 0.2) is 0 Å². The summed E-state index contributed by atoms with van der Waals surface area (Å²) in [5.74, 6) is -0.824. The fourth-order valence-corrected chi connectivity index (χ4v) is 7.04. The zero-order chi connectivity index (χ0) is 23.4. The summed E-state index contributed by atoms with van der Waals surface area (Å²) in [6, 6.07) is 7.42. The van der Waals surface area contributed by atoms with Crippen molar-refractivity contribution in [2.75, 3.05) is 26.2 Å². The number of hydrogen-bond donors (Lipinski definition) is 1. The van der Waals surface area contributed by atoms with Gasteiger partial charge in [-0.3, -0.25) is 9.59 Å². The van der Waals surface area contributed by atoms with Gasteiger partial charge >= 0.3 is 0 Å². The third-order valence-corrected chi connectivity index (χ3v) is 9.58. The first-order chi connectivity index (χ1) is 15.8. The molecule has 2 amide bonds. The number of piperidine rings is 2. The lowest BCUT2D eigenvalue weighted by atomic mass is 9.97. The quantitative estimate of drug-likeness (QED) is 0.670. The number of nitrogens with one attached hydrogen (secondary N) is 1. The number of likely N-dealkylation sites (tertiary alicyclic amines) is 1. The van der Waals surface area contributed by atoms with Crippen molar-refractivity contribution < 1.29 is 22.4 Å². The number of carbonyl (C=O) groups excluding carboxylic acids is 2. The van der Waals surface area contributed by atoms with E-state index in [0.717, 1.165) is 36.2 Å². The van der Waals surface area contributed by atoms with Gasteiger partial charge in [0.2, 0.25) is 5.91 Å². The molecule has 4 rings (SSSR count). The molecule has 2 aliphatic rings. The lowest BCUT2D eigenvalue weighted by Crippen LogP contribution is -2.42. The normalized spacial score (nSPS) is 18.3. The first-order valence-electron chi connectivity index (χ1n) is 11.2. The van der Waals surface area contributed by atoms with Crippen LogP contribution in [0, 0.1) is 11.7 Å². The molecule has 0 saturated carbocycles.